The minimum absolute atomic E-state index is 0.0859. The molecule has 0 radical (unpaired) electrons. The van der Waals surface area contributed by atoms with Crippen molar-refractivity contribution in [2.24, 2.45) is 0 Å². The number of aromatic nitrogens is 4. The van der Waals surface area contributed by atoms with Crippen LogP contribution in [0.3, 0.4) is 0 Å². The van der Waals surface area contributed by atoms with Crippen molar-refractivity contribution in [1.82, 2.24) is 35.1 Å². The predicted molar refractivity (Wildman–Crippen MR) is 98.6 cm³/mol. The van der Waals surface area contributed by atoms with Crippen molar-refractivity contribution in [2.75, 3.05) is 19.6 Å². The van der Waals surface area contributed by atoms with Gasteiger partial charge < -0.3 is 15.2 Å². The number of amides is 2. The highest BCUT2D eigenvalue weighted by Gasteiger charge is 2.39. The van der Waals surface area contributed by atoms with E-state index < -0.39 is 0 Å². The molecule has 27 heavy (non-hydrogen) atoms. The first-order valence-corrected chi connectivity index (χ1v) is 9.20. The Morgan fingerprint density at radius 3 is 2.70 bits per heavy atom. The van der Waals surface area contributed by atoms with Crippen LogP contribution < -0.4 is 5.32 Å². The van der Waals surface area contributed by atoms with Crippen molar-refractivity contribution in [1.29, 1.82) is 0 Å². The second kappa shape index (κ2) is 8.72. The molecule has 0 unspecified atom stereocenters. The summed E-state index contributed by atoms with van der Waals surface area (Å²) in [7, 11) is 0. The zero-order valence-corrected chi connectivity index (χ0v) is 15.6. The van der Waals surface area contributed by atoms with E-state index in [0.717, 1.165) is 5.82 Å². The molecule has 0 bridgehead atoms. The maximum Gasteiger partial charge on any atom is 0.271 e. The zero-order chi connectivity index (χ0) is 19.2. The molecule has 0 aliphatic carbocycles. The fraction of sp³-hybridized carbons (Fsp3) is 0.500. The first-order valence-electron chi connectivity index (χ1n) is 9.20. The molecule has 144 valence electrons. The van der Waals surface area contributed by atoms with E-state index in [9.17, 15) is 9.59 Å². The summed E-state index contributed by atoms with van der Waals surface area (Å²) in [6.45, 7) is 6.38. The number of hydrogen-bond acceptors (Lipinski definition) is 6. The molecule has 1 fully saturated rings. The lowest BCUT2D eigenvalue weighted by molar-refractivity contribution is -0.135. The summed E-state index contributed by atoms with van der Waals surface area (Å²) < 4.78 is 0. The van der Waals surface area contributed by atoms with Crippen LogP contribution >= 0.6 is 0 Å². The second-order valence-corrected chi connectivity index (χ2v) is 6.49. The van der Waals surface area contributed by atoms with Crippen molar-refractivity contribution in [3.05, 3.63) is 42.5 Å². The summed E-state index contributed by atoms with van der Waals surface area (Å²) in [4.78, 5) is 44.6. The standard InChI is InChI=1S/C18H25N7O2/c1-3-24(4-2)18(27)15-9-13(11-25(15)12-16-21-7-8-22-16)23-17(26)14-10-19-5-6-20-14/h5-8,10,13,15H,3-4,9,11-12H2,1-2H3,(H,21,22)(H,23,26)/t13-,15+/m1/s1. The minimum atomic E-state index is -0.290. The second-order valence-electron chi connectivity index (χ2n) is 6.49. The smallest absolute Gasteiger partial charge is 0.271 e. The Morgan fingerprint density at radius 2 is 2.07 bits per heavy atom. The number of likely N-dealkylation sites (tertiary alicyclic amines) is 1. The minimum Gasteiger partial charge on any atom is -0.348 e. The molecular weight excluding hydrogens is 346 g/mol. The topological polar surface area (TPSA) is 107 Å². The summed E-state index contributed by atoms with van der Waals surface area (Å²) >= 11 is 0. The van der Waals surface area contributed by atoms with Crippen molar-refractivity contribution < 1.29 is 9.59 Å². The summed E-state index contributed by atoms with van der Waals surface area (Å²) in [6.07, 6.45) is 8.46. The molecule has 2 aromatic heterocycles. The molecule has 0 aromatic carbocycles. The van der Waals surface area contributed by atoms with Crippen LogP contribution in [0.2, 0.25) is 0 Å². The van der Waals surface area contributed by atoms with Crippen LogP contribution in [-0.4, -0.2) is 73.3 Å². The van der Waals surface area contributed by atoms with Crippen LogP contribution in [-0.2, 0) is 11.3 Å². The molecule has 0 spiro atoms. The summed E-state index contributed by atoms with van der Waals surface area (Å²) in [5.74, 6) is 0.609. The van der Waals surface area contributed by atoms with E-state index in [1.54, 1.807) is 12.4 Å². The number of rotatable bonds is 7. The number of H-pyrrole nitrogens is 1. The quantitative estimate of drug-likeness (QED) is 0.731. The van der Waals surface area contributed by atoms with E-state index in [1.165, 1.54) is 18.6 Å². The molecule has 2 aromatic rings. The summed E-state index contributed by atoms with van der Waals surface area (Å²) in [5, 5.41) is 2.98. The maximum absolute atomic E-state index is 13.0. The van der Waals surface area contributed by atoms with E-state index in [1.807, 2.05) is 18.7 Å². The fourth-order valence-corrected chi connectivity index (χ4v) is 3.44. The number of hydrogen-bond donors (Lipinski definition) is 2. The molecule has 2 atom stereocenters. The molecule has 0 saturated carbocycles. The highest BCUT2D eigenvalue weighted by molar-refractivity contribution is 5.92. The zero-order valence-electron chi connectivity index (χ0n) is 15.6. The van der Waals surface area contributed by atoms with Gasteiger partial charge in [0.05, 0.1) is 18.8 Å². The van der Waals surface area contributed by atoms with E-state index in [2.05, 4.69) is 30.2 Å². The largest absolute Gasteiger partial charge is 0.348 e. The average molecular weight is 371 g/mol. The highest BCUT2D eigenvalue weighted by Crippen LogP contribution is 2.22. The first-order chi connectivity index (χ1) is 13.1. The van der Waals surface area contributed by atoms with Gasteiger partial charge in [0.1, 0.15) is 11.5 Å². The number of carbonyl (C=O) groups is 2. The lowest BCUT2D eigenvalue weighted by Gasteiger charge is -2.28. The number of carbonyl (C=O) groups excluding carboxylic acids is 2. The van der Waals surface area contributed by atoms with Crippen LogP contribution in [0, 0.1) is 0 Å². The third-order valence-corrected chi connectivity index (χ3v) is 4.80. The fourth-order valence-electron chi connectivity index (χ4n) is 3.44. The summed E-state index contributed by atoms with van der Waals surface area (Å²) in [6, 6.07) is -0.430. The molecule has 1 saturated heterocycles. The highest BCUT2D eigenvalue weighted by atomic mass is 16.2. The first kappa shape index (κ1) is 19.0. The molecule has 1 aliphatic rings. The van der Waals surface area contributed by atoms with Gasteiger partial charge >= 0.3 is 0 Å². The monoisotopic (exact) mass is 371 g/mol. The van der Waals surface area contributed by atoms with Crippen molar-refractivity contribution in [3.63, 3.8) is 0 Å². The maximum atomic E-state index is 13.0. The van der Waals surface area contributed by atoms with E-state index in [0.29, 0.717) is 32.6 Å². The van der Waals surface area contributed by atoms with E-state index >= 15 is 0 Å². The number of imidazole rings is 1. The molecule has 2 amide bonds. The number of nitrogens with zero attached hydrogens (tertiary/aromatic N) is 5. The van der Waals surface area contributed by atoms with Crippen molar-refractivity contribution in [2.45, 2.75) is 38.9 Å². The third kappa shape index (κ3) is 4.48. The van der Waals surface area contributed by atoms with E-state index in [4.69, 9.17) is 0 Å². The van der Waals surface area contributed by atoms with Gasteiger partial charge in [0.2, 0.25) is 5.91 Å². The SMILES string of the molecule is CCN(CC)C(=O)[C@@H]1C[C@@H](NC(=O)c2cnccn2)CN1Cc1ncc[nH]1. The molecular formula is C18H25N7O2. The number of likely N-dealkylation sites (N-methyl/N-ethyl adjacent to an activating group) is 1. The Bertz CT molecular complexity index is 746. The van der Waals surface area contributed by atoms with E-state index in [-0.39, 0.29) is 29.6 Å². The average Bonchev–Trinajstić information content (AvgIpc) is 3.33. The molecule has 9 heteroatoms. The van der Waals surface area contributed by atoms with Crippen LogP contribution in [0.15, 0.2) is 31.0 Å². The molecule has 2 N–H and O–H groups in total. The van der Waals surface area contributed by atoms with Crippen LogP contribution in [0.1, 0.15) is 36.6 Å². The molecule has 3 rings (SSSR count). The van der Waals surface area contributed by atoms with Gasteiger partial charge in [0.25, 0.3) is 5.91 Å². The Kier molecular flexibility index (Phi) is 6.12. The van der Waals surface area contributed by atoms with Gasteiger partial charge in [-0.3, -0.25) is 19.5 Å². The van der Waals surface area contributed by atoms with Gasteiger partial charge in [0, 0.05) is 50.5 Å². The van der Waals surface area contributed by atoms with Gasteiger partial charge in [-0.15, -0.1) is 0 Å². The van der Waals surface area contributed by atoms with Crippen LogP contribution in [0.25, 0.3) is 0 Å². The predicted octanol–water partition coefficient (Wildman–Crippen LogP) is 0.441. The molecule has 9 nitrogen and oxygen atoms in total. The van der Waals surface area contributed by atoms with Crippen LogP contribution in [0.4, 0.5) is 0 Å². The lowest BCUT2D eigenvalue weighted by Crippen LogP contribution is -2.45. The molecule has 1 aliphatic heterocycles. The van der Waals surface area contributed by atoms with Gasteiger partial charge in [0.15, 0.2) is 0 Å². The Hall–Kier alpha value is -2.81. The Labute approximate surface area is 158 Å². The Balaban J connectivity index is 1.72. The van der Waals surface area contributed by atoms with Gasteiger partial charge in [-0.1, -0.05) is 0 Å². The van der Waals surface area contributed by atoms with Crippen molar-refractivity contribution >= 4 is 11.8 Å². The number of aromatic amines is 1. The van der Waals surface area contributed by atoms with Gasteiger partial charge in [-0.05, 0) is 20.3 Å². The normalized spacial score (nSPS) is 19.8. The van der Waals surface area contributed by atoms with Gasteiger partial charge in [-0.2, -0.15) is 0 Å². The third-order valence-electron chi connectivity index (χ3n) is 4.80. The number of nitrogens with one attached hydrogen (secondary N) is 2. The molecule has 3 heterocycles. The van der Waals surface area contributed by atoms with Gasteiger partial charge in [-0.25, -0.2) is 9.97 Å². The lowest BCUT2D eigenvalue weighted by atomic mass is 10.1. The van der Waals surface area contributed by atoms with Crippen LogP contribution in [0.5, 0.6) is 0 Å². The van der Waals surface area contributed by atoms with Crippen molar-refractivity contribution in [3.8, 4) is 0 Å². The summed E-state index contributed by atoms with van der Waals surface area (Å²) in [5.41, 5.74) is 0.272. The Morgan fingerprint density at radius 1 is 1.26 bits per heavy atom.